The maximum atomic E-state index is 13.1. The zero-order valence-electron chi connectivity index (χ0n) is 8.53. The molecule has 0 fully saturated rings. The standard InChI is InChI=1S/C13H11ClFN/c14-12-7-6-10(15)8-11(12)13(16)9-4-2-1-3-5-9/h1-8,13H,16H2. The molecule has 0 aliphatic heterocycles. The van der Waals surface area contributed by atoms with Crippen molar-refractivity contribution in [1.29, 1.82) is 0 Å². The van der Waals surface area contributed by atoms with Gasteiger partial charge in [-0.25, -0.2) is 4.39 Å². The summed E-state index contributed by atoms with van der Waals surface area (Å²) in [6.07, 6.45) is 0. The summed E-state index contributed by atoms with van der Waals surface area (Å²) in [5.74, 6) is -0.328. The van der Waals surface area contributed by atoms with Crippen molar-refractivity contribution in [2.24, 2.45) is 5.73 Å². The minimum Gasteiger partial charge on any atom is -0.320 e. The molecule has 0 radical (unpaired) electrons. The van der Waals surface area contributed by atoms with Crippen LogP contribution in [0.15, 0.2) is 48.5 Å². The molecule has 0 spiro atoms. The van der Waals surface area contributed by atoms with Gasteiger partial charge in [-0.15, -0.1) is 0 Å². The van der Waals surface area contributed by atoms with E-state index in [9.17, 15) is 4.39 Å². The van der Waals surface area contributed by atoms with Crippen molar-refractivity contribution in [3.63, 3.8) is 0 Å². The number of hydrogen-bond acceptors (Lipinski definition) is 1. The molecular weight excluding hydrogens is 225 g/mol. The summed E-state index contributed by atoms with van der Waals surface area (Å²) in [5, 5.41) is 0.484. The Morgan fingerprint density at radius 1 is 1.06 bits per heavy atom. The molecule has 0 saturated heterocycles. The molecule has 0 aliphatic rings. The molecule has 2 rings (SSSR count). The van der Waals surface area contributed by atoms with Gasteiger partial charge in [-0.3, -0.25) is 0 Å². The average Bonchev–Trinajstić information content (AvgIpc) is 2.32. The molecule has 1 unspecified atom stereocenters. The fourth-order valence-electron chi connectivity index (χ4n) is 1.59. The van der Waals surface area contributed by atoms with Gasteiger partial charge in [0.1, 0.15) is 5.82 Å². The monoisotopic (exact) mass is 235 g/mol. The summed E-state index contributed by atoms with van der Waals surface area (Å²) < 4.78 is 13.1. The first-order valence-corrected chi connectivity index (χ1v) is 5.32. The summed E-state index contributed by atoms with van der Waals surface area (Å²) >= 11 is 5.99. The lowest BCUT2D eigenvalue weighted by atomic mass is 10.00. The van der Waals surface area contributed by atoms with Gasteiger partial charge < -0.3 is 5.73 Å². The van der Waals surface area contributed by atoms with Crippen LogP contribution >= 0.6 is 11.6 Å². The van der Waals surface area contributed by atoms with Crippen molar-refractivity contribution in [2.75, 3.05) is 0 Å². The number of nitrogens with two attached hydrogens (primary N) is 1. The lowest BCUT2D eigenvalue weighted by Crippen LogP contribution is -2.12. The fourth-order valence-corrected chi connectivity index (χ4v) is 1.83. The average molecular weight is 236 g/mol. The van der Waals surface area contributed by atoms with Gasteiger partial charge in [0.05, 0.1) is 6.04 Å². The molecule has 0 saturated carbocycles. The SMILES string of the molecule is NC(c1ccccc1)c1cc(F)ccc1Cl. The van der Waals surface area contributed by atoms with E-state index in [1.165, 1.54) is 18.2 Å². The van der Waals surface area contributed by atoms with Gasteiger partial charge in [0.25, 0.3) is 0 Å². The Morgan fingerprint density at radius 3 is 2.44 bits per heavy atom. The maximum absolute atomic E-state index is 13.1. The lowest BCUT2D eigenvalue weighted by Gasteiger charge is -2.14. The maximum Gasteiger partial charge on any atom is 0.123 e. The van der Waals surface area contributed by atoms with E-state index in [0.717, 1.165) is 5.56 Å². The molecule has 0 aliphatic carbocycles. The van der Waals surface area contributed by atoms with E-state index in [-0.39, 0.29) is 5.82 Å². The Balaban J connectivity index is 2.41. The molecule has 1 atom stereocenters. The molecule has 2 aromatic carbocycles. The molecule has 0 aromatic heterocycles. The topological polar surface area (TPSA) is 26.0 Å². The summed E-state index contributed by atoms with van der Waals surface area (Å²) in [7, 11) is 0. The van der Waals surface area contributed by atoms with Crippen molar-refractivity contribution in [2.45, 2.75) is 6.04 Å². The number of hydrogen-bond donors (Lipinski definition) is 1. The Morgan fingerprint density at radius 2 is 1.75 bits per heavy atom. The highest BCUT2D eigenvalue weighted by molar-refractivity contribution is 6.31. The van der Waals surface area contributed by atoms with Gasteiger partial charge >= 0.3 is 0 Å². The Kier molecular flexibility index (Phi) is 3.22. The van der Waals surface area contributed by atoms with Gasteiger partial charge in [0, 0.05) is 5.02 Å². The van der Waals surface area contributed by atoms with E-state index in [2.05, 4.69) is 0 Å². The lowest BCUT2D eigenvalue weighted by molar-refractivity contribution is 0.623. The second-order valence-electron chi connectivity index (χ2n) is 3.55. The van der Waals surface area contributed by atoms with Gasteiger partial charge in [-0.2, -0.15) is 0 Å². The van der Waals surface area contributed by atoms with Gasteiger partial charge in [0.2, 0.25) is 0 Å². The highest BCUT2D eigenvalue weighted by Crippen LogP contribution is 2.26. The third-order valence-corrected chi connectivity index (χ3v) is 2.80. The summed E-state index contributed by atoms with van der Waals surface area (Å²) in [6.45, 7) is 0. The molecule has 0 heterocycles. The van der Waals surface area contributed by atoms with Gasteiger partial charge in [-0.05, 0) is 29.3 Å². The molecule has 0 bridgehead atoms. The predicted molar refractivity (Wildman–Crippen MR) is 63.9 cm³/mol. The van der Waals surface area contributed by atoms with E-state index in [1.807, 2.05) is 30.3 Å². The van der Waals surface area contributed by atoms with E-state index in [0.29, 0.717) is 10.6 Å². The van der Waals surface area contributed by atoms with Crippen LogP contribution in [0.3, 0.4) is 0 Å². The Bertz CT molecular complexity index is 485. The molecule has 3 heteroatoms. The zero-order chi connectivity index (χ0) is 11.5. The van der Waals surface area contributed by atoms with E-state index in [4.69, 9.17) is 17.3 Å². The Hall–Kier alpha value is -1.38. The van der Waals surface area contributed by atoms with E-state index < -0.39 is 6.04 Å². The highest BCUT2D eigenvalue weighted by atomic mass is 35.5. The molecule has 1 nitrogen and oxygen atoms in total. The number of halogens is 2. The molecular formula is C13H11ClFN. The first kappa shape index (κ1) is 11.1. The van der Waals surface area contributed by atoms with Crippen LogP contribution in [0.4, 0.5) is 4.39 Å². The smallest absolute Gasteiger partial charge is 0.123 e. The van der Waals surface area contributed by atoms with Gasteiger partial charge in [-0.1, -0.05) is 41.9 Å². The number of rotatable bonds is 2. The van der Waals surface area contributed by atoms with Crippen molar-refractivity contribution < 1.29 is 4.39 Å². The van der Waals surface area contributed by atoms with Crippen molar-refractivity contribution in [3.8, 4) is 0 Å². The highest BCUT2D eigenvalue weighted by Gasteiger charge is 2.12. The van der Waals surface area contributed by atoms with Crippen LogP contribution in [0, 0.1) is 5.82 Å². The first-order chi connectivity index (χ1) is 7.68. The zero-order valence-corrected chi connectivity index (χ0v) is 9.29. The van der Waals surface area contributed by atoms with Crippen LogP contribution in [0.1, 0.15) is 17.2 Å². The summed E-state index contributed by atoms with van der Waals surface area (Å²) in [6, 6.07) is 13.3. The minimum atomic E-state index is -0.399. The Labute approximate surface area is 98.7 Å². The van der Waals surface area contributed by atoms with Crippen LogP contribution in [0.25, 0.3) is 0 Å². The predicted octanol–water partition coefficient (Wildman–Crippen LogP) is 3.53. The molecule has 82 valence electrons. The normalized spacial score (nSPS) is 12.4. The second kappa shape index (κ2) is 4.64. The van der Waals surface area contributed by atoms with Crippen LogP contribution in [-0.4, -0.2) is 0 Å². The minimum absolute atomic E-state index is 0.328. The second-order valence-corrected chi connectivity index (χ2v) is 3.96. The van der Waals surface area contributed by atoms with Crippen molar-refractivity contribution >= 4 is 11.6 Å². The largest absolute Gasteiger partial charge is 0.320 e. The van der Waals surface area contributed by atoms with Crippen LogP contribution in [0.5, 0.6) is 0 Å². The quantitative estimate of drug-likeness (QED) is 0.847. The van der Waals surface area contributed by atoms with Gasteiger partial charge in [0.15, 0.2) is 0 Å². The van der Waals surface area contributed by atoms with Crippen LogP contribution < -0.4 is 5.73 Å². The first-order valence-electron chi connectivity index (χ1n) is 4.94. The number of benzene rings is 2. The fraction of sp³-hybridized carbons (Fsp3) is 0.0769. The molecule has 16 heavy (non-hydrogen) atoms. The van der Waals surface area contributed by atoms with Crippen molar-refractivity contribution in [1.82, 2.24) is 0 Å². The molecule has 2 N–H and O–H groups in total. The van der Waals surface area contributed by atoms with Crippen LogP contribution in [-0.2, 0) is 0 Å². The summed E-state index contributed by atoms with van der Waals surface area (Å²) in [4.78, 5) is 0. The van der Waals surface area contributed by atoms with Crippen LogP contribution in [0.2, 0.25) is 5.02 Å². The third kappa shape index (κ3) is 2.23. The molecule has 2 aromatic rings. The van der Waals surface area contributed by atoms with Crippen molar-refractivity contribution in [3.05, 3.63) is 70.5 Å². The van der Waals surface area contributed by atoms with E-state index >= 15 is 0 Å². The third-order valence-electron chi connectivity index (χ3n) is 2.45. The summed E-state index contributed by atoms with van der Waals surface area (Å²) in [5.41, 5.74) is 7.55. The van der Waals surface area contributed by atoms with E-state index in [1.54, 1.807) is 0 Å². The molecule has 0 amide bonds.